The average molecular weight is 343 g/mol. The molecule has 23 heavy (non-hydrogen) atoms. The molecule has 1 aromatic rings. The zero-order valence-electron chi connectivity index (χ0n) is 13.0. The van der Waals surface area contributed by atoms with Crippen LogP contribution in [0.5, 0.6) is 0 Å². The van der Waals surface area contributed by atoms with Gasteiger partial charge < -0.3 is 10.0 Å². The number of benzene rings is 1. The number of halogens is 1. The van der Waals surface area contributed by atoms with Crippen molar-refractivity contribution in [1.82, 2.24) is 4.90 Å². The third-order valence-corrected chi connectivity index (χ3v) is 3.47. The van der Waals surface area contributed by atoms with Crippen LogP contribution >= 0.6 is 11.6 Å². The number of nitrogens with zero attached hydrogens (tertiary/aromatic N) is 2. The number of carboxylic acid groups (broad SMARTS) is 1. The molecular formula is C15H19ClN2O5. The minimum absolute atomic E-state index is 0.0246. The average Bonchev–Trinajstić information content (AvgIpc) is 2.44. The van der Waals surface area contributed by atoms with E-state index in [1.165, 1.54) is 23.1 Å². The zero-order chi connectivity index (χ0) is 17.6. The summed E-state index contributed by atoms with van der Waals surface area (Å²) >= 11 is 5.99. The van der Waals surface area contributed by atoms with E-state index >= 15 is 0 Å². The van der Waals surface area contributed by atoms with Gasteiger partial charge in [0.2, 0.25) is 5.91 Å². The summed E-state index contributed by atoms with van der Waals surface area (Å²) in [6, 6.07) is 3.94. The van der Waals surface area contributed by atoms with E-state index in [0.29, 0.717) is 12.1 Å². The van der Waals surface area contributed by atoms with Crippen LogP contribution in [0.15, 0.2) is 18.2 Å². The van der Waals surface area contributed by atoms with Crippen molar-refractivity contribution in [2.24, 2.45) is 5.92 Å². The Morgan fingerprint density at radius 3 is 2.52 bits per heavy atom. The van der Waals surface area contributed by atoms with Crippen molar-refractivity contribution in [2.45, 2.75) is 26.7 Å². The largest absolute Gasteiger partial charge is 0.481 e. The van der Waals surface area contributed by atoms with Gasteiger partial charge in [-0.2, -0.15) is 0 Å². The first-order valence-corrected chi connectivity index (χ1v) is 7.51. The Labute approximate surface area is 139 Å². The Kier molecular flexibility index (Phi) is 6.96. The van der Waals surface area contributed by atoms with E-state index in [-0.39, 0.29) is 41.9 Å². The number of carbonyl (C=O) groups excluding carboxylic acids is 1. The highest BCUT2D eigenvalue weighted by atomic mass is 35.5. The van der Waals surface area contributed by atoms with E-state index in [0.717, 1.165) is 0 Å². The number of hydrogen-bond donors (Lipinski definition) is 1. The lowest BCUT2D eigenvalue weighted by atomic mass is 10.1. The van der Waals surface area contributed by atoms with E-state index in [2.05, 4.69) is 0 Å². The molecule has 0 fully saturated rings. The Morgan fingerprint density at radius 2 is 2.04 bits per heavy atom. The fourth-order valence-electron chi connectivity index (χ4n) is 2.06. The number of non-ortho nitro benzene ring substituents is 1. The molecule has 0 saturated carbocycles. The van der Waals surface area contributed by atoms with Gasteiger partial charge in [-0.1, -0.05) is 31.5 Å². The molecular weight excluding hydrogens is 324 g/mol. The Morgan fingerprint density at radius 1 is 1.39 bits per heavy atom. The molecule has 126 valence electrons. The SMILES string of the molecule is CC(C)CN(CCC(=O)O)C(=O)Cc1ccc([N+](=O)[O-])cc1Cl. The second-order valence-corrected chi connectivity index (χ2v) is 5.99. The van der Waals surface area contributed by atoms with E-state index in [4.69, 9.17) is 16.7 Å². The van der Waals surface area contributed by atoms with Gasteiger partial charge in [0.15, 0.2) is 0 Å². The maximum absolute atomic E-state index is 12.4. The van der Waals surface area contributed by atoms with Crippen molar-refractivity contribution >= 4 is 29.2 Å². The van der Waals surface area contributed by atoms with Gasteiger partial charge >= 0.3 is 5.97 Å². The third-order valence-electron chi connectivity index (χ3n) is 3.12. The molecule has 1 N–H and O–H groups in total. The van der Waals surface area contributed by atoms with Crippen molar-refractivity contribution in [1.29, 1.82) is 0 Å². The molecule has 0 aliphatic carbocycles. The zero-order valence-corrected chi connectivity index (χ0v) is 13.7. The highest BCUT2D eigenvalue weighted by Gasteiger charge is 2.19. The summed E-state index contributed by atoms with van der Waals surface area (Å²) in [7, 11) is 0. The quantitative estimate of drug-likeness (QED) is 0.578. The number of nitro benzene ring substituents is 1. The highest BCUT2D eigenvalue weighted by molar-refractivity contribution is 6.31. The standard InChI is InChI=1S/C15H19ClN2O5/c1-10(2)9-17(6-5-15(20)21)14(19)7-11-3-4-12(18(22)23)8-13(11)16/h3-4,8,10H,5-7,9H2,1-2H3,(H,20,21). The summed E-state index contributed by atoms with van der Waals surface area (Å²) < 4.78 is 0. The van der Waals surface area contributed by atoms with Gasteiger partial charge in [0, 0.05) is 25.2 Å². The summed E-state index contributed by atoms with van der Waals surface area (Å²) in [6.45, 7) is 4.42. The predicted molar refractivity (Wildman–Crippen MR) is 85.5 cm³/mol. The summed E-state index contributed by atoms with van der Waals surface area (Å²) in [6.07, 6.45) is -0.157. The van der Waals surface area contributed by atoms with Crippen LogP contribution in [0.4, 0.5) is 5.69 Å². The van der Waals surface area contributed by atoms with E-state index in [1.807, 2.05) is 13.8 Å². The van der Waals surface area contributed by atoms with Gasteiger partial charge in [0.1, 0.15) is 0 Å². The molecule has 0 aliphatic rings. The van der Waals surface area contributed by atoms with Gasteiger partial charge in [0.25, 0.3) is 5.69 Å². The molecule has 1 rings (SSSR count). The minimum Gasteiger partial charge on any atom is -0.481 e. The minimum atomic E-state index is -0.972. The van der Waals surface area contributed by atoms with Crippen LogP contribution in [0.25, 0.3) is 0 Å². The summed E-state index contributed by atoms with van der Waals surface area (Å²) in [5.41, 5.74) is 0.336. The lowest BCUT2D eigenvalue weighted by Gasteiger charge is -2.24. The molecule has 0 saturated heterocycles. The monoisotopic (exact) mass is 342 g/mol. The van der Waals surface area contributed by atoms with Gasteiger partial charge in [-0.05, 0) is 11.5 Å². The number of carbonyl (C=O) groups is 2. The number of amides is 1. The van der Waals surface area contributed by atoms with Crippen LogP contribution in [0.2, 0.25) is 5.02 Å². The van der Waals surface area contributed by atoms with E-state index in [1.54, 1.807) is 0 Å². The van der Waals surface area contributed by atoms with Crippen molar-refractivity contribution in [3.05, 3.63) is 38.9 Å². The normalized spacial score (nSPS) is 10.6. The molecule has 0 aliphatic heterocycles. The maximum Gasteiger partial charge on any atom is 0.305 e. The molecule has 1 aromatic carbocycles. The van der Waals surface area contributed by atoms with E-state index in [9.17, 15) is 19.7 Å². The van der Waals surface area contributed by atoms with Gasteiger partial charge in [0.05, 0.1) is 22.8 Å². The second-order valence-electron chi connectivity index (χ2n) is 5.59. The van der Waals surface area contributed by atoms with Gasteiger partial charge in [-0.15, -0.1) is 0 Å². The van der Waals surface area contributed by atoms with Crippen LogP contribution in [0.3, 0.4) is 0 Å². The molecule has 0 spiro atoms. The fraction of sp³-hybridized carbons (Fsp3) is 0.467. The molecule has 0 atom stereocenters. The van der Waals surface area contributed by atoms with Crippen LogP contribution in [0, 0.1) is 16.0 Å². The molecule has 0 bridgehead atoms. The Bertz CT molecular complexity index is 604. The third kappa shape index (κ3) is 6.23. The molecule has 0 heterocycles. The van der Waals surface area contributed by atoms with Crippen LogP contribution in [-0.4, -0.2) is 39.9 Å². The number of carboxylic acids is 1. The number of nitro groups is 1. The summed E-state index contributed by atoms with van der Waals surface area (Å²) in [4.78, 5) is 34.7. The van der Waals surface area contributed by atoms with Crippen molar-refractivity contribution in [2.75, 3.05) is 13.1 Å². The molecule has 0 radical (unpaired) electrons. The predicted octanol–water partition coefficient (Wildman–Crippen LogP) is 2.75. The van der Waals surface area contributed by atoms with Gasteiger partial charge in [-0.25, -0.2) is 0 Å². The molecule has 0 unspecified atom stereocenters. The number of hydrogen-bond acceptors (Lipinski definition) is 4. The van der Waals surface area contributed by atoms with Gasteiger partial charge in [-0.3, -0.25) is 19.7 Å². The fourth-order valence-corrected chi connectivity index (χ4v) is 2.30. The summed E-state index contributed by atoms with van der Waals surface area (Å²) in [5, 5.41) is 19.6. The lowest BCUT2D eigenvalue weighted by molar-refractivity contribution is -0.384. The first-order valence-electron chi connectivity index (χ1n) is 7.13. The van der Waals surface area contributed by atoms with Crippen molar-refractivity contribution < 1.29 is 19.6 Å². The number of aliphatic carboxylic acids is 1. The molecule has 1 amide bonds. The molecule has 7 nitrogen and oxygen atoms in total. The molecule has 8 heteroatoms. The summed E-state index contributed by atoms with van der Waals surface area (Å²) in [5.74, 6) is -1.03. The number of rotatable bonds is 8. The first kappa shape index (κ1) is 18.9. The Hall–Kier alpha value is -2.15. The van der Waals surface area contributed by atoms with Crippen molar-refractivity contribution in [3.8, 4) is 0 Å². The second kappa shape index (κ2) is 8.47. The Balaban J connectivity index is 2.84. The molecule has 0 aromatic heterocycles. The van der Waals surface area contributed by atoms with Crippen LogP contribution < -0.4 is 0 Å². The highest BCUT2D eigenvalue weighted by Crippen LogP contribution is 2.23. The van der Waals surface area contributed by atoms with Crippen LogP contribution in [-0.2, 0) is 16.0 Å². The van der Waals surface area contributed by atoms with Crippen LogP contribution in [0.1, 0.15) is 25.8 Å². The van der Waals surface area contributed by atoms with Crippen molar-refractivity contribution in [3.63, 3.8) is 0 Å². The maximum atomic E-state index is 12.4. The topological polar surface area (TPSA) is 101 Å². The van der Waals surface area contributed by atoms with E-state index < -0.39 is 10.9 Å². The smallest absolute Gasteiger partial charge is 0.305 e. The first-order chi connectivity index (χ1) is 10.7. The lowest BCUT2D eigenvalue weighted by Crippen LogP contribution is -2.37.